The number of fused-ring (bicyclic) bond motifs is 1. The molecule has 0 spiro atoms. The quantitative estimate of drug-likeness (QED) is 0.803. The van der Waals surface area contributed by atoms with Gasteiger partial charge >= 0.3 is 0 Å². The Morgan fingerprint density at radius 2 is 1.90 bits per heavy atom. The second kappa shape index (κ2) is 5.50. The zero-order chi connectivity index (χ0) is 14.8. The summed E-state index contributed by atoms with van der Waals surface area (Å²) in [6, 6.07) is 13.0. The minimum atomic E-state index is -0.390. The van der Waals surface area contributed by atoms with Crippen molar-refractivity contribution in [3.05, 3.63) is 70.3 Å². The fraction of sp³-hybridized carbons (Fsp3) is 0.118. The van der Waals surface area contributed by atoms with E-state index in [-0.39, 0.29) is 5.43 Å². The predicted octanol–water partition coefficient (Wildman–Crippen LogP) is 3.10. The first-order valence-electron chi connectivity index (χ1n) is 6.71. The van der Waals surface area contributed by atoms with Crippen LogP contribution in [0.1, 0.15) is 5.76 Å². The highest BCUT2D eigenvalue weighted by atomic mass is 19.1. The molecule has 0 unspecified atom stereocenters. The molecule has 2 N–H and O–H groups in total. The molecule has 0 aliphatic heterocycles. The lowest BCUT2D eigenvalue weighted by Crippen LogP contribution is -2.12. The molecule has 106 valence electrons. The summed E-state index contributed by atoms with van der Waals surface area (Å²) in [4.78, 5) is 12.7. The number of hydrogen-bond acceptors (Lipinski definition) is 3. The second-order valence-corrected chi connectivity index (χ2v) is 4.77. The maximum atomic E-state index is 13.5. The SMILES string of the molecule is NCCc1oc2ccccc2c(=O)c1-c1cccc(F)c1. The molecule has 0 fully saturated rings. The molecule has 0 saturated heterocycles. The fourth-order valence-corrected chi connectivity index (χ4v) is 2.43. The lowest BCUT2D eigenvalue weighted by molar-refractivity contribution is 0.539. The van der Waals surface area contributed by atoms with Crippen LogP contribution in [0.25, 0.3) is 22.1 Å². The van der Waals surface area contributed by atoms with E-state index in [4.69, 9.17) is 10.2 Å². The number of rotatable bonds is 3. The van der Waals surface area contributed by atoms with Crippen LogP contribution >= 0.6 is 0 Å². The van der Waals surface area contributed by atoms with Gasteiger partial charge in [-0.25, -0.2) is 4.39 Å². The molecule has 2 aromatic carbocycles. The lowest BCUT2D eigenvalue weighted by Gasteiger charge is -2.09. The average molecular weight is 283 g/mol. The van der Waals surface area contributed by atoms with Gasteiger partial charge in [-0.2, -0.15) is 0 Å². The van der Waals surface area contributed by atoms with Gasteiger partial charge in [0.2, 0.25) is 5.43 Å². The Morgan fingerprint density at radius 1 is 1.10 bits per heavy atom. The van der Waals surface area contributed by atoms with E-state index < -0.39 is 5.82 Å². The summed E-state index contributed by atoms with van der Waals surface area (Å²) in [6.07, 6.45) is 0.423. The van der Waals surface area contributed by atoms with Gasteiger partial charge in [-0.05, 0) is 36.4 Å². The van der Waals surface area contributed by atoms with Crippen molar-refractivity contribution in [3.8, 4) is 11.1 Å². The van der Waals surface area contributed by atoms with E-state index >= 15 is 0 Å². The molecular weight excluding hydrogens is 269 g/mol. The van der Waals surface area contributed by atoms with E-state index in [1.54, 1.807) is 36.4 Å². The van der Waals surface area contributed by atoms with Gasteiger partial charge in [0, 0.05) is 6.42 Å². The maximum Gasteiger partial charge on any atom is 0.200 e. The molecule has 0 aliphatic carbocycles. The molecule has 3 nitrogen and oxygen atoms in total. The highest BCUT2D eigenvalue weighted by Gasteiger charge is 2.15. The Balaban J connectivity index is 2.36. The minimum Gasteiger partial charge on any atom is -0.460 e. The number of benzene rings is 2. The van der Waals surface area contributed by atoms with Crippen molar-refractivity contribution in [1.82, 2.24) is 0 Å². The minimum absolute atomic E-state index is 0.161. The summed E-state index contributed by atoms with van der Waals surface area (Å²) < 4.78 is 19.3. The summed E-state index contributed by atoms with van der Waals surface area (Å²) in [5.74, 6) is 0.102. The van der Waals surface area contributed by atoms with Crippen LogP contribution in [0.15, 0.2) is 57.7 Å². The van der Waals surface area contributed by atoms with Crippen molar-refractivity contribution in [1.29, 1.82) is 0 Å². The predicted molar refractivity (Wildman–Crippen MR) is 80.6 cm³/mol. The zero-order valence-electron chi connectivity index (χ0n) is 11.3. The lowest BCUT2D eigenvalue weighted by atomic mass is 10.0. The van der Waals surface area contributed by atoms with Crippen LogP contribution in [0.2, 0.25) is 0 Å². The first-order valence-corrected chi connectivity index (χ1v) is 6.71. The van der Waals surface area contributed by atoms with Gasteiger partial charge in [-0.3, -0.25) is 4.79 Å². The van der Waals surface area contributed by atoms with E-state index in [0.717, 1.165) is 0 Å². The monoisotopic (exact) mass is 283 g/mol. The summed E-state index contributed by atoms with van der Waals surface area (Å²) >= 11 is 0. The molecule has 1 aromatic heterocycles. The van der Waals surface area contributed by atoms with Gasteiger partial charge in [0.25, 0.3) is 0 Å². The van der Waals surface area contributed by atoms with Crippen LogP contribution in [0.5, 0.6) is 0 Å². The molecule has 1 heterocycles. The van der Waals surface area contributed by atoms with E-state index in [2.05, 4.69) is 0 Å². The van der Waals surface area contributed by atoms with Crippen molar-refractivity contribution in [2.45, 2.75) is 6.42 Å². The molecule has 0 atom stereocenters. The van der Waals surface area contributed by atoms with Gasteiger partial charge in [-0.1, -0.05) is 24.3 Å². The van der Waals surface area contributed by atoms with E-state index in [0.29, 0.717) is 40.8 Å². The van der Waals surface area contributed by atoms with Gasteiger partial charge < -0.3 is 10.2 Å². The van der Waals surface area contributed by atoms with Crippen LogP contribution in [0, 0.1) is 5.82 Å². The number of para-hydroxylation sites is 1. The fourth-order valence-electron chi connectivity index (χ4n) is 2.43. The summed E-state index contributed by atoms with van der Waals surface area (Å²) in [6.45, 7) is 0.351. The molecule has 3 aromatic rings. The number of nitrogens with two attached hydrogens (primary N) is 1. The average Bonchev–Trinajstić information content (AvgIpc) is 2.48. The first-order chi connectivity index (χ1) is 10.2. The second-order valence-electron chi connectivity index (χ2n) is 4.77. The summed E-state index contributed by atoms with van der Waals surface area (Å²) in [5.41, 5.74) is 6.85. The summed E-state index contributed by atoms with van der Waals surface area (Å²) in [5, 5.41) is 0.484. The van der Waals surface area contributed by atoms with Gasteiger partial charge in [0.15, 0.2) is 0 Å². The molecule has 0 saturated carbocycles. The maximum absolute atomic E-state index is 13.5. The molecule has 21 heavy (non-hydrogen) atoms. The van der Waals surface area contributed by atoms with Crippen molar-refractivity contribution < 1.29 is 8.81 Å². The third-order valence-electron chi connectivity index (χ3n) is 3.36. The Labute approximate surface area is 120 Å². The molecule has 0 bridgehead atoms. The smallest absolute Gasteiger partial charge is 0.200 e. The van der Waals surface area contributed by atoms with E-state index in [1.807, 2.05) is 0 Å². The number of halogens is 1. The third kappa shape index (κ3) is 2.45. The Bertz CT molecular complexity index is 855. The standard InChI is InChI=1S/C17H14FNO2/c18-12-5-3-4-11(10-12)16-15(8-9-19)21-14-7-2-1-6-13(14)17(16)20/h1-7,10H,8-9,19H2. The highest BCUT2D eigenvalue weighted by molar-refractivity contribution is 5.82. The van der Waals surface area contributed by atoms with Gasteiger partial charge in [0.05, 0.1) is 10.9 Å². The normalized spacial score (nSPS) is 11.0. The molecular formula is C17H14FNO2. The van der Waals surface area contributed by atoms with Crippen LogP contribution in [-0.2, 0) is 6.42 Å². The first kappa shape index (κ1) is 13.5. The molecule has 0 radical (unpaired) electrons. The van der Waals surface area contributed by atoms with Crippen molar-refractivity contribution in [3.63, 3.8) is 0 Å². The Morgan fingerprint density at radius 3 is 2.67 bits per heavy atom. The Kier molecular flexibility index (Phi) is 3.54. The van der Waals surface area contributed by atoms with Gasteiger partial charge in [0.1, 0.15) is 17.2 Å². The third-order valence-corrected chi connectivity index (χ3v) is 3.36. The van der Waals surface area contributed by atoms with Gasteiger partial charge in [-0.15, -0.1) is 0 Å². The largest absolute Gasteiger partial charge is 0.460 e. The van der Waals surface area contributed by atoms with E-state index in [9.17, 15) is 9.18 Å². The molecule has 3 rings (SSSR count). The Hall–Kier alpha value is -2.46. The van der Waals surface area contributed by atoms with Crippen molar-refractivity contribution >= 4 is 11.0 Å². The molecule has 0 amide bonds. The number of hydrogen-bond donors (Lipinski definition) is 1. The van der Waals surface area contributed by atoms with Crippen LogP contribution in [0.4, 0.5) is 4.39 Å². The van der Waals surface area contributed by atoms with E-state index in [1.165, 1.54) is 12.1 Å². The van der Waals surface area contributed by atoms with Crippen LogP contribution in [0.3, 0.4) is 0 Å². The van der Waals surface area contributed by atoms with Crippen LogP contribution in [-0.4, -0.2) is 6.54 Å². The van der Waals surface area contributed by atoms with Crippen molar-refractivity contribution in [2.24, 2.45) is 5.73 Å². The molecule has 4 heteroatoms. The molecule has 0 aliphatic rings. The van der Waals surface area contributed by atoms with Crippen LogP contribution < -0.4 is 11.2 Å². The highest BCUT2D eigenvalue weighted by Crippen LogP contribution is 2.25. The topological polar surface area (TPSA) is 56.2 Å². The van der Waals surface area contributed by atoms with Crippen molar-refractivity contribution in [2.75, 3.05) is 6.54 Å². The zero-order valence-corrected chi connectivity index (χ0v) is 11.3. The summed E-state index contributed by atoms with van der Waals surface area (Å²) in [7, 11) is 0.